The second-order valence-electron chi connectivity index (χ2n) is 17.6. The minimum atomic E-state index is -0.794. The fraction of sp³-hybridized carbons (Fsp3) is 0.885. The number of rotatable bonds is 46. The lowest BCUT2D eigenvalue weighted by molar-refractivity contribution is -0.151. The van der Waals surface area contributed by atoms with Gasteiger partial charge in [-0.25, -0.2) is 0 Å². The molecule has 0 aliphatic rings. The van der Waals surface area contributed by atoms with Crippen molar-refractivity contribution in [1.82, 2.24) is 5.32 Å². The van der Waals surface area contributed by atoms with Crippen LogP contribution < -0.4 is 5.32 Å². The van der Waals surface area contributed by atoms with E-state index >= 15 is 0 Å². The zero-order valence-corrected chi connectivity index (χ0v) is 38.9. The Morgan fingerprint density at radius 2 is 0.879 bits per heavy atom. The normalized spacial score (nSPS) is 13.4. The van der Waals surface area contributed by atoms with Crippen LogP contribution in [-0.2, 0) is 14.3 Å². The van der Waals surface area contributed by atoms with Gasteiger partial charge in [0.1, 0.15) is 6.10 Å². The number of carbonyl (C=O) groups is 2. The van der Waals surface area contributed by atoms with Crippen LogP contribution in [0, 0.1) is 0 Å². The number of amides is 1. The van der Waals surface area contributed by atoms with E-state index in [0.29, 0.717) is 19.3 Å². The summed E-state index contributed by atoms with van der Waals surface area (Å²) in [4.78, 5) is 26.1. The van der Waals surface area contributed by atoms with Crippen LogP contribution in [-0.4, -0.2) is 46.9 Å². The van der Waals surface area contributed by atoms with Gasteiger partial charge < -0.3 is 20.3 Å². The van der Waals surface area contributed by atoms with E-state index in [2.05, 4.69) is 50.4 Å². The van der Waals surface area contributed by atoms with Crippen LogP contribution in [0.3, 0.4) is 0 Å². The highest BCUT2D eigenvalue weighted by Gasteiger charge is 2.24. The van der Waals surface area contributed by atoms with Crippen molar-refractivity contribution in [3.05, 3.63) is 24.3 Å². The molecule has 0 saturated heterocycles. The number of aliphatic hydroxyl groups is 2. The van der Waals surface area contributed by atoms with E-state index in [1.54, 1.807) is 0 Å². The number of esters is 1. The fourth-order valence-corrected chi connectivity index (χ4v) is 7.90. The highest BCUT2D eigenvalue weighted by atomic mass is 16.5. The molecule has 0 aliphatic carbocycles. The van der Waals surface area contributed by atoms with Crippen LogP contribution in [0.4, 0.5) is 0 Å². The number of allylic oxidation sites excluding steroid dienone is 4. The third-order valence-electron chi connectivity index (χ3n) is 11.8. The monoisotopic (exact) mass is 818 g/mol. The van der Waals surface area contributed by atoms with Gasteiger partial charge in [0, 0.05) is 6.42 Å². The number of hydrogen-bond donors (Lipinski definition) is 3. The average Bonchev–Trinajstić information content (AvgIpc) is 3.22. The largest absolute Gasteiger partial charge is 0.462 e. The molecule has 0 aromatic rings. The quantitative estimate of drug-likeness (QED) is 0.0323. The van der Waals surface area contributed by atoms with E-state index in [1.807, 2.05) is 0 Å². The maximum atomic E-state index is 13.2. The van der Waals surface area contributed by atoms with E-state index in [9.17, 15) is 19.8 Å². The Morgan fingerprint density at radius 3 is 1.31 bits per heavy atom. The Morgan fingerprint density at radius 1 is 0.500 bits per heavy atom. The molecule has 6 nitrogen and oxygen atoms in total. The number of carbonyl (C=O) groups excluding carboxylic acids is 2. The summed E-state index contributed by atoms with van der Waals surface area (Å²) in [5.74, 6) is -0.510. The third kappa shape index (κ3) is 41.1. The molecule has 0 heterocycles. The maximum Gasteiger partial charge on any atom is 0.306 e. The molecule has 0 aliphatic heterocycles. The first-order chi connectivity index (χ1) is 28.5. The van der Waals surface area contributed by atoms with Gasteiger partial charge in [-0.3, -0.25) is 9.59 Å². The van der Waals surface area contributed by atoms with Crippen molar-refractivity contribution in [2.45, 2.75) is 289 Å². The summed E-state index contributed by atoms with van der Waals surface area (Å²) in [5, 5.41) is 23.7. The van der Waals surface area contributed by atoms with Crippen molar-refractivity contribution < 1.29 is 24.5 Å². The predicted molar refractivity (Wildman–Crippen MR) is 250 cm³/mol. The smallest absolute Gasteiger partial charge is 0.306 e. The summed E-state index contributed by atoms with van der Waals surface area (Å²) >= 11 is 0. The highest BCUT2D eigenvalue weighted by Crippen LogP contribution is 2.17. The maximum absolute atomic E-state index is 13.2. The average molecular weight is 818 g/mol. The Hall–Kier alpha value is -1.66. The zero-order valence-electron chi connectivity index (χ0n) is 38.9. The topological polar surface area (TPSA) is 95.9 Å². The molecule has 0 aromatic heterocycles. The number of aliphatic hydroxyl groups excluding tert-OH is 2. The minimum absolute atomic E-state index is 0.0497. The highest BCUT2D eigenvalue weighted by molar-refractivity contribution is 5.77. The summed E-state index contributed by atoms with van der Waals surface area (Å²) in [6.45, 7) is 6.47. The van der Waals surface area contributed by atoms with Crippen LogP contribution >= 0.6 is 0 Å². The van der Waals surface area contributed by atoms with E-state index < -0.39 is 18.2 Å². The van der Waals surface area contributed by atoms with Gasteiger partial charge in [0.15, 0.2) is 0 Å². The van der Waals surface area contributed by atoms with Crippen LogP contribution in [0.15, 0.2) is 24.3 Å². The van der Waals surface area contributed by atoms with Crippen LogP contribution in [0.5, 0.6) is 0 Å². The van der Waals surface area contributed by atoms with Gasteiger partial charge >= 0.3 is 5.97 Å². The Labute approximate surface area is 361 Å². The first kappa shape index (κ1) is 56.3. The second kappa shape index (κ2) is 46.4. The number of ether oxygens (including phenoxy) is 1. The van der Waals surface area contributed by atoms with Gasteiger partial charge in [-0.1, -0.05) is 238 Å². The fourth-order valence-electron chi connectivity index (χ4n) is 7.90. The van der Waals surface area contributed by atoms with Crippen LogP contribution in [0.1, 0.15) is 271 Å². The molecule has 3 unspecified atom stereocenters. The summed E-state index contributed by atoms with van der Waals surface area (Å²) in [6.07, 6.45) is 52.4. The van der Waals surface area contributed by atoms with Crippen LogP contribution in [0.2, 0.25) is 0 Å². The number of unbranched alkanes of at least 4 members (excludes halogenated alkanes) is 31. The lowest BCUT2D eigenvalue weighted by atomic mass is 10.0. The third-order valence-corrected chi connectivity index (χ3v) is 11.8. The predicted octanol–water partition coefficient (Wildman–Crippen LogP) is 15.1. The lowest BCUT2D eigenvalue weighted by Crippen LogP contribution is -2.46. The van der Waals surface area contributed by atoms with Gasteiger partial charge in [-0.05, 0) is 44.9 Å². The minimum Gasteiger partial charge on any atom is -0.462 e. The van der Waals surface area contributed by atoms with E-state index in [-0.39, 0.29) is 24.9 Å². The Kier molecular flexibility index (Phi) is 45.1. The zero-order chi connectivity index (χ0) is 42.4. The molecule has 0 bridgehead atoms. The van der Waals surface area contributed by atoms with Crippen molar-refractivity contribution in [3.63, 3.8) is 0 Å². The molecule has 6 heteroatoms. The van der Waals surface area contributed by atoms with Crippen molar-refractivity contribution in [2.24, 2.45) is 0 Å². The molecule has 3 atom stereocenters. The van der Waals surface area contributed by atoms with E-state index in [4.69, 9.17) is 4.74 Å². The SMILES string of the molecule is CCCCCCCCC/C=C/C=C/CCCC(CC(=O)NC(CO)C(O)CCCCCCCCCCCCCCCC)OC(=O)CCCCCCCCCCCCC. The molecule has 342 valence electrons. The molecular weight excluding hydrogens is 719 g/mol. The summed E-state index contributed by atoms with van der Waals surface area (Å²) in [6, 6.07) is -0.710. The number of hydrogen-bond acceptors (Lipinski definition) is 5. The summed E-state index contributed by atoms with van der Waals surface area (Å²) < 4.78 is 5.90. The van der Waals surface area contributed by atoms with Gasteiger partial charge in [0.25, 0.3) is 0 Å². The molecule has 0 spiro atoms. The molecule has 1 amide bonds. The molecule has 0 rings (SSSR count). The first-order valence-electron chi connectivity index (χ1n) is 25.6. The molecular formula is C52H99NO5. The molecule has 0 saturated carbocycles. The molecule has 0 radical (unpaired) electrons. The van der Waals surface area contributed by atoms with Crippen molar-refractivity contribution in [2.75, 3.05) is 6.61 Å². The van der Waals surface area contributed by atoms with Crippen molar-refractivity contribution in [1.29, 1.82) is 0 Å². The van der Waals surface area contributed by atoms with Gasteiger partial charge in [-0.15, -0.1) is 0 Å². The first-order valence-corrected chi connectivity index (χ1v) is 25.6. The Balaban J connectivity index is 4.60. The van der Waals surface area contributed by atoms with Crippen molar-refractivity contribution in [3.8, 4) is 0 Å². The Bertz CT molecular complexity index is 919. The van der Waals surface area contributed by atoms with Crippen molar-refractivity contribution >= 4 is 11.9 Å². The molecule has 0 aromatic carbocycles. The second-order valence-corrected chi connectivity index (χ2v) is 17.6. The van der Waals surface area contributed by atoms with E-state index in [0.717, 1.165) is 57.8 Å². The summed E-state index contributed by atoms with van der Waals surface area (Å²) in [5.41, 5.74) is 0. The van der Waals surface area contributed by atoms with Gasteiger partial charge in [-0.2, -0.15) is 0 Å². The molecule has 0 fully saturated rings. The van der Waals surface area contributed by atoms with Crippen LogP contribution in [0.25, 0.3) is 0 Å². The summed E-state index contributed by atoms with van der Waals surface area (Å²) in [7, 11) is 0. The standard InChI is InChI=1S/C52H99NO5/c1-4-7-10-13-16-19-22-24-26-29-31-34-37-40-43-48(58-52(57)45-42-39-36-33-28-21-18-15-12-9-6-3)46-51(56)53-49(47-54)50(55)44-41-38-35-32-30-27-25-23-20-17-14-11-8-5-2/h26,29,31,34,48-50,54-55H,4-25,27-28,30,32-33,35-47H2,1-3H3,(H,53,56)/b29-26+,34-31+. The van der Waals surface area contributed by atoms with E-state index in [1.165, 1.54) is 167 Å². The molecule has 3 N–H and O–H groups in total. The molecule has 58 heavy (non-hydrogen) atoms. The van der Waals surface area contributed by atoms with Gasteiger partial charge in [0.05, 0.1) is 25.2 Å². The lowest BCUT2D eigenvalue weighted by Gasteiger charge is -2.24. The number of nitrogens with one attached hydrogen (secondary N) is 1. The van der Waals surface area contributed by atoms with Gasteiger partial charge in [0.2, 0.25) is 5.91 Å².